The van der Waals surface area contributed by atoms with E-state index in [1.54, 1.807) is 0 Å². The maximum Gasteiger partial charge on any atom is 0.323 e. The van der Waals surface area contributed by atoms with E-state index in [0.717, 1.165) is 30.3 Å². The number of hydrogen-bond acceptors (Lipinski definition) is 5. The maximum absolute atomic E-state index is 13.3. The van der Waals surface area contributed by atoms with Gasteiger partial charge in [0.2, 0.25) is 9.84 Å². The molecule has 0 aromatic heterocycles. The van der Waals surface area contributed by atoms with E-state index in [9.17, 15) is 32.1 Å². The Morgan fingerprint density at radius 1 is 0.903 bits per heavy atom. The highest BCUT2D eigenvalue weighted by Gasteiger charge is 2.19. The summed E-state index contributed by atoms with van der Waals surface area (Å²) in [5, 5.41) is 15.1. The van der Waals surface area contributed by atoms with E-state index in [-0.39, 0.29) is 31.9 Å². The Kier molecular flexibility index (Phi) is 6.18. The SMILES string of the molecule is O=C(Nc1ccc(S(=O)(=O)c2ccc([N+](=O)[O-])cc2)cc1)Nc1cc(F)c(F)cc1Cl. The predicted molar refractivity (Wildman–Crippen MR) is 109 cm³/mol. The van der Waals surface area contributed by atoms with E-state index >= 15 is 0 Å². The number of amides is 2. The molecule has 0 unspecified atom stereocenters. The zero-order valence-electron chi connectivity index (χ0n) is 15.3. The number of urea groups is 1. The van der Waals surface area contributed by atoms with Gasteiger partial charge in [-0.05, 0) is 42.5 Å². The molecule has 0 atom stereocenters. The van der Waals surface area contributed by atoms with E-state index in [0.29, 0.717) is 6.07 Å². The van der Waals surface area contributed by atoms with E-state index < -0.39 is 32.4 Å². The highest BCUT2D eigenvalue weighted by atomic mass is 35.5. The molecule has 0 heterocycles. The highest BCUT2D eigenvalue weighted by molar-refractivity contribution is 7.91. The van der Waals surface area contributed by atoms with E-state index in [1.165, 1.54) is 24.3 Å². The Morgan fingerprint density at radius 2 is 1.42 bits per heavy atom. The standard InChI is InChI=1S/C19H12ClF2N3O5S/c20-15-9-16(21)17(22)10-18(15)24-19(26)23-11-1-5-13(6-2-11)31(29,30)14-7-3-12(4-8-14)25(27)28/h1-10H,(H2,23,24,26). The fraction of sp³-hybridized carbons (Fsp3) is 0. The van der Waals surface area contributed by atoms with Crippen LogP contribution in [0.5, 0.6) is 0 Å². The zero-order chi connectivity index (χ0) is 22.8. The Balaban J connectivity index is 1.73. The summed E-state index contributed by atoms with van der Waals surface area (Å²) in [5.74, 6) is -2.36. The topological polar surface area (TPSA) is 118 Å². The summed E-state index contributed by atoms with van der Waals surface area (Å²) in [6, 6.07) is 10.1. The molecule has 0 aliphatic carbocycles. The first-order valence-electron chi connectivity index (χ1n) is 8.40. The Labute approximate surface area is 179 Å². The van der Waals surface area contributed by atoms with Gasteiger partial charge in [0.15, 0.2) is 11.6 Å². The van der Waals surface area contributed by atoms with E-state index in [4.69, 9.17) is 11.6 Å². The molecule has 0 radical (unpaired) electrons. The molecule has 0 aliphatic rings. The zero-order valence-corrected chi connectivity index (χ0v) is 16.9. The van der Waals surface area contributed by atoms with Gasteiger partial charge >= 0.3 is 6.03 Å². The van der Waals surface area contributed by atoms with Crippen LogP contribution in [0.4, 0.5) is 30.6 Å². The molecule has 160 valence electrons. The molecule has 3 aromatic carbocycles. The van der Waals surface area contributed by atoms with Crippen molar-refractivity contribution in [1.29, 1.82) is 0 Å². The number of anilines is 2. The van der Waals surface area contributed by atoms with Crippen LogP contribution < -0.4 is 10.6 Å². The number of carbonyl (C=O) groups excluding carboxylic acids is 1. The van der Waals surface area contributed by atoms with Gasteiger partial charge in [-0.3, -0.25) is 10.1 Å². The van der Waals surface area contributed by atoms with Crippen LogP contribution in [-0.2, 0) is 9.84 Å². The molecule has 0 aliphatic heterocycles. The molecule has 0 bridgehead atoms. The summed E-state index contributed by atoms with van der Waals surface area (Å²) >= 11 is 5.75. The molecule has 0 saturated carbocycles. The molecule has 31 heavy (non-hydrogen) atoms. The van der Waals surface area contributed by atoms with Gasteiger partial charge in [0.25, 0.3) is 5.69 Å². The monoisotopic (exact) mass is 467 g/mol. The fourth-order valence-electron chi connectivity index (χ4n) is 2.50. The van der Waals surface area contributed by atoms with Gasteiger partial charge in [0.1, 0.15) is 0 Å². The van der Waals surface area contributed by atoms with Crippen LogP contribution in [0.2, 0.25) is 5.02 Å². The number of hydrogen-bond donors (Lipinski definition) is 2. The van der Waals surface area contributed by atoms with Gasteiger partial charge in [-0.25, -0.2) is 22.0 Å². The summed E-state index contributed by atoms with van der Waals surface area (Å²) in [5.41, 5.74) is -0.194. The minimum Gasteiger partial charge on any atom is -0.308 e. The molecular formula is C19H12ClF2N3O5S. The molecule has 2 N–H and O–H groups in total. The van der Waals surface area contributed by atoms with Gasteiger partial charge in [0.05, 0.1) is 25.4 Å². The van der Waals surface area contributed by atoms with Crippen LogP contribution in [0.25, 0.3) is 0 Å². The number of benzene rings is 3. The Hall–Kier alpha value is -3.57. The number of rotatable bonds is 5. The minimum absolute atomic E-state index is 0.101. The largest absolute Gasteiger partial charge is 0.323 e. The molecule has 3 rings (SSSR count). The summed E-state index contributed by atoms with van der Waals surface area (Å²) in [4.78, 5) is 21.9. The lowest BCUT2D eigenvalue weighted by molar-refractivity contribution is -0.384. The minimum atomic E-state index is -3.94. The Bertz CT molecular complexity index is 1270. The first-order chi connectivity index (χ1) is 14.6. The number of nitrogens with one attached hydrogen (secondary N) is 2. The average Bonchev–Trinajstić information content (AvgIpc) is 2.72. The number of nitro groups is 1. The van der Waals surface area contributed by atoms with E-state index in [1.807, 2.05) is 0 Å². The van der Waals surface area contributed by atoms with Crippen LogP contribution >= 0.6 is 11.6 Å². The number of carbonyl (C=O) groups is 1. The highest BCUT2D eigenvalue weighted by Crippen LogP contribution is 2.26. The molecule has 2 amide bonds. The quantitative estimate of drug-likeness (QED) is 0.311. The van der Waals surface area contributed by atoms with Gasteiger partial charge in [-0.1, -0.05) is 11.6 Å². The van der Waals surface area contributed by atoms with Crippen molar-refractivity contribution in [2.45, 2.75) is 9.79 Å². The van der Waals surface area contributed by atoms with Crippen molar-refractivity contribution in [3.63, 3.8) is 0 Å². The number of nitrogens with zero attached hydrogens (tertiary/aromatic N) is 1. The van der Waals surface area contributed by atoms with Crippen molar-refractivity contribution in [3.8, 4) is 0 Å². The third kappa shape index (κ3) is 4.95. The smallest absolute Gasteiger partial charge is 0.308 e. The number of non-ortho nitro benzene ring substituents is 1. The average molecular weight is 468 g/mol. The number of sulfone groups is 1. The number of nitro benzene ring substituents is 1. The summed E-state index contributed by atoms with van der Waals surface area (Å²) < 4.78 is 51.7. The molecule has 3 aromatic rings. The van der Waals surface area contributed by atoms with Crippen molar-refractivity contribution >= 4 is 44.5 Å². The third-order valence-electron chi connectivity index (χ3n) is 4.04. The van der Waals surface area contributed by atoms with E-state index in [2.05, 4.69) is 10.6 Å². The van der Waals surface area contributed by atoms with Gasteiger partial charge in [0, 0.05) is 23.9 Å². The van der Waals surface area contributed by atoms with Crippen molar-refractivity contribution in [2.75, 3.05) is 10.6 Å². The van der Waals surface area contributed by atoms with Crippen LogP contribution in [0, 0.1) is 21.7 Å². The molecule has 0 spiro atoms. The maximum atomic E-state index is 13.3. The summed E-state index contributed by atoms with van der Waals surface area (Å²) in [7, 11) is -3.94. The van der Waals surface area contributed by atoms with Crippen molar-refractivity contribution < 1.29 is 26.9 Å². The van der Waals surface area contributed by atoms with Gasteiger partial charge < -0.3 is 10.6 Å². The fourth-order valence-corrected chi connectivity index (χ4v) is 3.96. The normalized spacial score (nSPS) is 11.1. The number of halogens is 3. The first-order valence-corrected chi connectivity index (χ1v) is 10.3. The molecule has 12 heteroatoms. The van der Waals surface area contributed by atoms with Crippen LogP contribution in [0.3, 0.4) is 0 Å². The lowest BCUT2D eigenvalue weighted by atomic mass is 10.3. The second-order valence-electron chi connectivity index (χ2n) is 6.10. The lowest BCUT2D eigenvalue weighted by Gasteiger charge is -2.10. The molecular weight excluding hydrogens is 456 g/mol. The first kappa shape index (κ1) is 22.1. The van der Waals surface area contributed by atoms with Crippen molar-refractivity contribution in [1.82, 2.24) is 0 Å². The summed E-state index contributed by atoms with van der Waals surface area (Å²) in [6.45, 7) is 0. The van der Waals surface area contributed by atoms with Crippen molar-refractivity contribution in [2.24, 2.45) is 0 Å². The molecule has 0 saturated heterocycles. The van der Waals surface area contributed by atoms with Gasteiger partial charge in [-0.2, -0.15) is 0 Å². The molecule has 0 fully saturated rings. The van der Waals surface area contributed by atoms with Crippen LogP contribution in [0.1, 0.15) is 0 Å². The summed E-state index contributed by atoms with van der Waals surface area (Å²) in [6.07, 6.45) is 0. The Morgan fingerprint density at radius 3 is 1.97 bits per heavy atom. The molecule has 8 nitrogen and oxygen atoms in total. The second kappa shape index (κ2) is 8.66. The lowest BCUT2D eigenvalue weighted by Crippen LogP contribution is -2.19. The van der Waals surface area contributed by atoms with Crippen molar-refractivity contribution in [3.05, 3.63) is 87.4 Å². The van der Waals surface area contributed by atoms with Crippen LogP contribution in [0.15, 0.2) is 70.5 Å². The van der Waals surface area contributed by atoms with Crippen LogP contribution in [-0.4, -0.2) is 19.4 Å². The second-order valence-corrected chi connectivity index (χ2v) is 8.46. The third-order valence-corrected chi connectivity index (χ3v) is 6.14. The predicted octanol–water partition coefficient (Wildman–Crippen LogP) is 5.00. The van der Waals surface area contributed by atoms with Gasteiger partial charge in [-0.15, -0.1) is 0 Å².